The maximum Gasteiger partial charge on any atom is 0.303 e. The van der Waals surface area contributed by atoms with E-state index in [-0.39, 0.29) is 11.9 Å². The van der Waals surface area contributed by atoms with Gasteiger partial charge in [0.05, 0.1) is 5.92 Å². The van der Waals surface area contributed by atoms with Crippen molar-refractivity contribution in [1.82, 2.24) is 0 Å². The molecule has 3 aliphatic rings. The molecule has 0 aliphatic heterocycles. The summed E-state index contributed by atoms with van der Waals surface area (Å²) in [4.78, 5) is 23.8. The summed E-state index contributed by atoms with van der Waals surface area (Å²) in [5.41, 5.74) is -0.447. The van der Waals surface area contributed by atoms with Gasteiger partial charge in [0.2, 0.25) is 0 Å². The van der Waals surface area contributed by atoms with Gasteiger partial charge in [-0.2, -0.15) is 0 Å². The number of fused-ring (bicyclic) bond motifs is 4. The van der Waals surface area contributed by atoms with Crippen molar-refractivity contribution in [3.05, 3.63) is 12.2 Å². The molecule has 4 atom stereocenters. The van der Waals surface area contributed by atoms with Crippen LogP contribution in [0.15, 0.2) is 12.2 Å². The van der Waals surface area contributed by atoms with Crippen LogP contribution in [0, 0.1) is 17.8 Å². The number of carbonyl (C=O) groups excluding carboxylic acids is 2. The molecule has 0 unspecified atom stereocenters. The highest BCUT2D eigenvalue weighted by atomic mass is 16.6. The maximum atomic E-state index is 12.3. The quantitative estimate of drug-likeness (QED) is 0.539. The summed E-state index contributed by atoms with van der Waals surface area (Å²) in [5, 5.41) is 0. The number of ketones is 1. The largest absolute Gasteiger partial charge is 0.458 e. The van der Waals surface area contributed by atoms with Crippen molar-refractivity contribution >= 4 is 11.8 Å². The molecule has 0 N–H and O–H groups in total. The first-order valence-corrected chi connectivity index (χ1v) is 7.52. The first-order valence-electron chi connectivity index (χ1n) is 7.52. The molecule has 3 aliphatic carbocycles. The number of carbonyl (C=O) groups is 2. The van der Waals surface area contributed by atoms with Gasteiger partial charge in [-0.3, -0.25) is 9.59 Å². The molecule has 0 aromatic rings. The third-order valence-corrected chi connectivity index (χ3v) is 5.25. The minimum absolute atomic E-state index is 0.0124. The fourth-order valence-corrected chi connectivity index (χ4v) is 4.70. The second-order valence-corrected chi connectivity index (χ2v) is 6.24. The van der Waals surface area contributed by atoms with Gasteiger partial charge in [0.15, 0.2) is 0 Å². The van der Waals surface area contributed by atoms with E-state index in [1.54, 1.807) is 0 Å². The summed E-state index contributed by atoms with van der Waals surface area (Å²) in [5.74, 6) is 0.934. The first-order chi connectivity index (χ1) is 9.15. The minimum atomic E-state index is -0.447. The van der Waals surface area contributed by atoms with Crippen LogP contribution in [0.5, 0.6) is 0 Å². The standard InChI is InChI=1S/C16H22O3/c1-11(17)19-16-10-6-9-14(18)15(16)12-7-4-2-3-5-8-13(12)16/h2-3,12-13,15H,4-10H2,1H3/t12-,13-,15-,16-/m0/s1. The highest BCUT2D eigenvalue weighted by Gasteiger charge is 2.66. The van der Waals surface area contributed by atoms with Crippen molar-refractivity contribution in [2.45, 2.75) is 57.5 Å². The average molecular weight is 262 g/mol. The topological polar surface area (TPSA) is 43.4 Å². The number of ether oxygens (including phenoxy) is 1. The highest BCUT2D eigenvalue weighted by molar-refractivity contribution is 5.85. The van der Waals surface area contributed by atoms with Crippen LogP contribution in [0.3, 0.4) is 0 Å². The number of esters is 1. The maximum absolute atomic E-state index is 12.3. The van der Waals surface area contributed by atoms with Gasteiger partial charge in [-0.05, 0) is 44.4 Å². The molecule has 0 spiro atoms. The number of hydrogen-bond donors (Lipinski definition) is 0. The molecule has 0 aromatic carbocycles. The summed E-state index contributed by atoms with van der Waals surface area (Å²) in [6.07, 6.45) is 11.1. The molecular formula is C16H22O3. The van der Waals surface area contributed by atoms with Gasteiger partial charge in [-0.1, -0.05) is 12.2 Å². The Kier molecular flexibility index (Phi) is 3.23. The molecule has 0 aromatic heterocycles. The van der Waals surface area contributed by atoms with Crippen LogP contribution >= 0.6 is 0 Å². The average Bonchev–Trinajstić information content (AvgIpc) is 2.30. The molecule has 19 heavy (non-hydrogen) atoms. The summed E-state index contributed by atoms with van der Waals surface area (Å²) >= 11 is 0. The third kappa shape index (κ3) is 1.94. The van der Waals surface area contributed by atoms with Crippen LogP contribution in [0.25, 0.3) is 0 Å². The van der Waals surface area contributed by atoms with Crippen molar-refractivity contribution in [2.75, 3.05) is 0 Å². The molecule has 2 saturated carbocycles. The lowest BCUT2D eigenvalue weighted by molar-refractivity contribution is -0.234. The van der Waals surface area contributed by atoms with Gasteiger partial charge in [0.1, 0.15) is 11.4 Å². The van der Waals surface area contributed by atoms with Crippen molar-refractivity contribution in [3.63, 3.8) is 0 Å². The predicted octanol–water partition coefficient (Wildman–Crippen LogP) is 3.03. The molecule has 0 amide bonds. The minimum Gasteiger partial charge on any atom is -0.458 e. The van der Waals surface area contributed by atoms with Crippen molar-refractivity contribution < 1.29 is 14.3 Å². The van der Waals surface area contributed by atoms with E-state index in [1.165, 1.54) is 6.92 Å². The molecular weight excluding hydrogens is 240 g/mol. The summed E-state index contributed by atoms with van der Waals surface area (Å²) in [6.45, 7) is 1.47. The Balaban J connectivity index is 1.90. The van der Waals surface area contributed by atoms with Gasteiger partial charge in [0.25, 0.3) is 0 Å². The van der Waals surface area contributed by atoms with E-state index in [1.807, 2.05) is 0 Å². The normalized spacial score (nSPS) is 41.3. The zero-order valence-electron chi connectivity index (χ0n) is 11.6. The van der Waals surface area contributed by atoms with Crippen LogP contribution in [-0.2, 0) is 14.3 Å². The first kappa shape index (κ1) is 12.9. The van der Waals surface area contributed by atoms with Crippen LogP contribution in [0.2, 0.25) is 0 Å². The SMILES string of the molecule is CC(=O)O[C@]12CCCC(=O)[C@@H]1[C@H]1CCC=CCC[C@@H]12. The Morgan fingerprint density at radius 3 is 2.79 bits per heavy atom. The highest BCUT2D eigenvalue weighted by Crippen LogP contribution is 2.60. The van der Waals surface area contributed by atoms with Crippen LogP contribution in [0.1, 0.15) is 51.9 Å². The Morgan fingerprint density at radius 1 is 1.32 bits per heavy atom. The zero-order chi connectivity index (χ0) is 13.5. The number of rotatable bonds is 1. The van der Waals surface area contributed by atoms with E-state index in [2.05, 4.69) is 12.2 Å². The molecule has 3 rings (SSSR count). The fraction of sp³-hybridized carbons (Fsp3) is 0.750. The molecule has 104 valence electrons. The predicted molar refractivity (Wildman–Crippen MR) is 71.4 cm³/mol. The number of allylic oxidation sites excluding steroid dienone is 2. The lowest BCUT2D eigenvalue weighted by Crippen LogP contribution is -2.68. The fourth-order valence-electron chi connectivity index (χ4n) is 4.70. The summed E-state index contributed by atoms with van der Waals surface area (Å²) in [7, 11) is 0. The molecule has 0 saturated heterocycles. The van der Waals surface area contributed by atoms with Gasteiger partial charge >= 0.3 is 5.97 Å². The number of hydrogen-bond acceptors (Lipinski definition) is 3. The van der Waals surface area contributed by atoms with Crippen molar-refractivity contribution in [3.8, 4) is 0 Å². The Bertz CT molecular complexity index is 426. The third-order valence-electron chi connectivity index (χ3n) is 5.25. The smallest absolute Gasteiger partial charge is 0.303 e. The van der Waals surface area contributed by atoms with E-state index in [4.69, 9.17) is 4.74 Å². The molecule has 3 nitrogen and oxygen atoms in total. The molecule has 2 fully saturated rings. The van der Waals surface area contributed by atoms with Gasteiger partial charge < -0.3 is 4.74 Å². The van der Waals surface area contributed by atoms with E-state index < -0.39 is 5.60 Å². The Morgan fingerprint density at radius 2 is 2.05 bits per heavy atom. The van der Waals surface area contributed by atoms with E-state index in [0.717, 1.165) is 38.5 Å². The Labute approximate surface area is 114 Å². The molecule has 0 heterocycles. The van der Waals surface area contributed by atoms with Crippen LogP contribution < -0.4 is 0 Å². The molecule has 0 radical (unpaired) electrons. The van der Waals surface area contributed by atoms with E-state index in [9.17, 15) is 9.59 Å². The van der Waals surface area contributed by atoms with Gasteiger partial charge in [0, 0.05) is 19.3 Å². The van der Waals surface area contributed by atoms with E-state index >= 15 is 0 Å². The van der Waals surface area contributed by atoms with E-state index in [0.29, 0.717) is 24.0 Å². The Hall–Kier alpha value is -1.12. The lowest BCUT2D eigenvalue weighted by Gasteiger charge is -2.62. The van der Waals surface area contributed by atoms with Gasteiger partial charge in [-0.15, -0.1) is 0 Å². The second kappa shape index (κ2) is 4.77. The second-order valence-electron chi connectivity index (χ2n) is 6.24. The van der Waals surface area contributed by atoms with Crippen molar-refractivity contribution in [2.24, 2.45) is 17.8 Å². The zero-order valence-corrected chi connectivity index (χ0v) is 11.6. The van der Waals surface area contributed by atoms with Crippen LogP contribution in [0.4, 0.5) is 0 Å². The summed E-state index contributed by atoms with van der Waals surface area (Å²) < 4.78 is 5.73. The monoisotopic (exact) mass is 262 g/mol. The molecule has 0 bridgehead atoms. The number of Topliss-reactive ketones (excluding diaryl/α,β-unsaturated/α-hetero) is 1. The summed E-state index contributed by atoms with van der Waals surface area (Å²) in [6, 6.07) is 0. The van der Waals surface area contributed by atoms with Gasteiger partial charge in [-0.25, -0.2) is 0 Å². The van der Waals surface area contributed by atoms with Crippen molar-refractivity contribution in [1.29, 1.82) is 0 Å². The van der Waals surface area contributed by atoms with Crippen LogP contribution in [-0.4, -0.2) is 17.4 Å². The molecule has 3 heteroatoms. The lowest BCUT2D eigenvalue weighted by atomic mass is 9.46.